The van der Waals surface area contributed by atoms with Crippen molar-refractivity contribution in [1.29, 1.82) is 0 Å². The fourth-order valence-electron chi connectivity index (χ4n) is 2.22. The highest BCUT2D eigenvalue weighted by Gasteiger charge is 2.34. The van der Waals surface area contributed by atoms with Crippen LogP contribution in [0.2, 0.25) is 0 Å². The summed E-state index contributed by atoms with van der Waals surface area (Å²) < 4.78 is 1.44. The van der Waals surface area contributed by atoms with Gasteiger partial charge in [-0.25, -0.2) is 14.5 Å². The number of hydrogen-bond donors (Lipinski definition) is 1. The zero-order valence-corrected chi connectivity index (χ0v) is 10.2. The number of likely N-dealkylation sites (tertiary alicyclic amines) is 1. The average molecular weight is 252 g/mol. The highest BCUT2D eigenvalue weighted by Crippen LogP contribution is 2.20. The van der Waals surface area contributed by atoms with Gasteiger partial charge in [0.25, 0.3) is 0 Å². The maximum absolute atomic E-state index is 12.3. The van der Waals surface area contributed by atoms with Crippen molar-refractivity contribution in [1.82, 2.24) is 19.7 Å². The van der Waals surface area contributed by atoms with E-state index in [2.05, 4.69) is 10.1 Å². The maximum atomic E-state index is 12.3. The Balaban J connectivity index is 2.13. The highest BCUT2D eigenvalue weighted by molar-refractivity contribution is 5.86. The van der Waals surface area contributed by atoms with Crippen molar-refractivity contribution in [3.8, 4) is 0 Å². The molecule has 1 aliphatic heterocycles. The zero-order valence-electron chi connectivity index (χ0n) is 10.2. The molecule has 0 radical (unpaired) electrons. The largest absolute Gasteiger partial charge is 0.480 e. The first-order valence-electron chi connectivity index (χ1n) is 5.98. The van der Waals surface area contributed by atoms with E-state index < -0.39 is 18.1 Å². The number of aromatic nitrogens is 3. The van der Waals surface area contributed by atoms with Crippen LogP contribution in [0.1, 0.15) is 32.2 Å². The van der Waals surface area contributed by atoms with Gasteiger partial charge in [0.1, 0.15) is 24.7 Å². The normalized spacial score (nSPS) is 21.6. The monoisotopic (exact) mass is 252 g/mol. The third kappa shape index (κ3) is 2.34. The standard InChI is InChI=1S/C11H16N4O3/c1-8(15-7-12-6-13-15)10(16)14-5-3-2-4-9(14)11(17)18/h6-9H,2-5H2,1H3,(H,17,18)/t8?,9-/m1/s1. The second-order valence-corrected chi connectivity index (χ2v) is 4.43. The Morgan fingerprint density at radius 2 is 2.22 bits per heavy atom. The van der Waals surface area contributed by atoms with Crippen LogP contribution in [0.5, 0.6) is 0 Å². The Morgan fingerprint density at radius 3 is 2.83 bits per heavy atom. The highest BCUT2D eigenvalue weighted by atomic mass is 16.4. The van der Waals surface area contributed by atoms with E-state index in [4.69, 9.17) is 5.11 Å². The number of carboxylic acid groups (broad SMARTS) is 1. The summed E-state index contributed by atoms with van der Waals surface area (Å²) in [4.78, 5) is 28.7. The number of nitrogens with zero attached hydrogens (tertiary/aromatic N) is 4. The van der Waals surface area contributed by atoms with Gasteiger partial charge in [-0.05, 0) is 26.2 Å². The Labute approximate surface area is 104 Å². The topological polar surface area (TPSA) is 88.3 Å². The lowest BCUT2D eigenvalue weighted by atomic mass is 10.0. The van der Waals surface area contributed by atoms with E-state index in [-0.39, 0.29) is 5.91 Å². The molecule has 1 aromatic heterocycles. The number of hydrogen-bond acceptors (Lipinski definition) is 4. The summed E-state index contributed by atoms with van der Waals surface area (Å²) in [6.07, 6.45) is 5.03. The first-order valence-corrected chi connectivity index (χ1v) is 5.98. The van der Waals surface area contributed by atoms with Gasteiger partial charge in [0, 0.05) is 6.54 Å². The summed E-state index contributed by atoms with van der Waals surface area (Å²) in [5.41, 5.74) is 0. The summed E-state index contributed by atoms with van der Waals surface area (Å²) in [5, 5.41) is 13.1. The fourth-order valence-corrected chi connectivity index (χ4v) is 2.22. The number of carbonyl (C=O) groups is 2. The van der Waals surface area contributed by atoms with Crippen molar-refractivity contribution in [3.63, 3.8) is 0 Å². The lowest BCUT2D eigenvalue weighted by Crippen LogP contribution is -2.50. The molecule has 1 fully saturated rings. The number of piperidine rings is 1. The van der Waals surface area contributed by atoms with Crippen LogP contribution in [0.15, 0.2) is 12.7 Å². The summed E-state index contributed by atoms with van der Waals surface area (Å²) in [6, 6.07) is -1.23. The van der Waals surface area contributed by atoms with Gasteiger partial charge >= 0.3 is 5.97 Å². The van der Waals surface area contributed by atoms with E-state index in [9.17, 15) is 9.59 Å². The molecule has 0 aliphatic carbocycles. The van der Waals surface area contributed by atoms with Gasteiger partial charge in [-0.3, -0.25) is 4.79 Å². The van der Waals surface area contributed by atoms with Gasteiger partial charge < -0.3 is 10.0 Å². The van der Waals surface area contributed by atoms with Gasteiger partial charge in [-0.15, -0.1) is 0 Å². The summed E-state index contributed by atoms with van der Waals surface area (Å²) >= 11 is 0. The smallest absolute Gasteiger partial charge is 0.326 e. The minimum Gasteiger partial charge on any atom is -0.480 e. The van der Waals surface area contributed by atoms with Crippen LogP contribution < -0.4 is 0 Å². The van der Waals surface area contributed by atoms with E-state index in [1.165, 1.54) is 22.2 Å². The average Bonchev–Trinajstić information content (AvgIpc) is 2.90. The van der Waals surface area contributed by atoms with E-state index in [1.807, 2.05) is 0 Å². The lowest BCUT2D eigenvalue weighted by molar-refractivity contribution is -0.153. The maximum Gasteiger partial charge on any atom is 0.326 e. The van der Waals surface area contributed by atoms with Crippen LogP contribution in [-0.4, -0.2) is 49.2 Å². The van der Waals surface area contributed by atoms with Crippen molar-refractivity contribution in [2.45, 2.75) is 38.3 Å². The van der Waals surface area contributed by atoms with Crippen molar-refractivity contribution in [2.24, 2.45) is 0 Å². The van der Waals surface area contributed by atoms with Crippen LogP contribution in [0.3, 0.4) is 0 Å². The minimum absolute atomic E-state index is 0.215. The van der Waals surface area contributed by atoms with Gasteiger partial charge in [0.2, 0.25) is 5.91 Å². The summed E-state index contributed by atoms with van der Waals surface area (Å²) in [7, 11) is 0. The van der Waals surface area contributed by atoms with Crippen molar-refractivity contribution in [3.05, 3.63) is 12.7 Å². The Morgan fingerprint density at radius 1 is 1.44 bits per heavy atom. The quantitative estimate of drug-likeness (QED) is 0.836. The minimum atomic E-state index is -0.936. The zero-order chi connectivity index (χ0) is 13.1. The second kappa shape index (κ2) is 5.16. The molecule has 2 atom stereocenters. The first kappa shape index (κ1) is 12.5. The second-order valence-electron chi connectivity index (χ2n) is 4.43. The number of aliphatic carboxylic acids is 1. The van der Waals surface area contributed by atoms with E-state index in [0.29, 0.717) is 13.0 Å². The van der Waals surface area contributed by atoms with Crippen LogP contribution in [-0.2, 0) is 9.59 Å². The molecule has 2 heterocycles. The Kier molecular flexibility index (Phi) is 3.59. The molecule has 0 aromatic carbocycles. The number of carbonyl (C=O) groups excluding carboxylic acids is 1. The molecule has 1 amide bonds. The molecule has 2 rings (SSSR count). The molecular formula is C11H16N4O3. The van der Waals surface area contributed by atoms with E-state index >= 15 is 0 Å². The summed E-state index contributed by atoms with van der Waals surface area (Å²) in [6.45, 7) is 2.19. The molecule has 7 nitrogen and oxygen atoms in total. The molecule has 1 saturated heterocycles. The third-order valence-corrected chi connectivity index (χ3v) is 3.26. The van der Waals surface area contributed by atoms with E-state index in [1.54, 1.807) is 6.92 Å². The molecule has 98 valence electrons. The van der Waals surface area contributed by atoms with E-state index in [0.717, 1.165) is 12.8 Å². The first-order chi connectivity index (χ1) is 8.61. The summed E-state index contributed by atoms with van der Waals surface area (Å²) in [5.74, 6) is -1.15. The van der Waals surface area contributed by atoms with Crippen molar-refractivity contribution >= 4 is 11.9 Å². The molecule has 7 heteroatoms. The Hall–Kier alpha value is -1.92. The molecule has 0 spiro atoms. The molecule has 0 saturated carbocycles. The number of carboxylic acids is 1. The molecule has 1 unspecified atom stereocenters. The van der Waals surface area contributed by atoms with Crippen LogP contribution in [0, 0.1) is 0 Å². The van der Waals surface area contributed by atoms with Gasteiger partial charge in [0.15, 0.2) is 0 Å². The third-order valence-electron chi connectivity index (χ3n) is 3.26. The molecule has 1 N–H and O–H groups in total. The molecule has 1 aromatic rings. The molecule has 18 heavy (non-hydrogen) atoms. The predicted octanol–water partition coefficient (Wildman–Crippen LogP) is 0.305. The number of amides is 1. The van der Waals surface area contributed by atoms with Crippen molar-refractivity contribution < 1.29 is 14.7 Å². The molecular weight excluding hydrogens is 236 g/mol. The SMILES string of the molecule is CC(C(=O)N1CCCC[C@@H]1C(=O)O)n1cncn1. The fraction of sp³-hybridized carbons (Fsp3) is 0.636. The molecule has 1 aliphatic rings. The van der Waals surface area contributed by atoms with Gasteiger partial charge in [0.05, 0.1) is 0 Å². The lowest BCUT2D eigenvalue weighted by Gasteiger charge is -2.34. The Bertz CT molecular complexity index is 432. The van der Waals surface area contributed by atoms with Gasteiger partial charge in [-0.1, -0.05) is 0 Å². The number of rotatable bonds is 3. The van der Waals surface area contributed by atoms with Crippen LogP contribution in [0.4, 0.5) is 0 Å². The van der Waals surface area contributed by atoms with Gasteiger partial charge in [-0.2, -0.15) is 5.10 Å². The van der Waals surface area contributed by atoms with Crippen LogP contribution >= 0.6 is 0 Å². The van der Waals surface area contributed by atoms with Crippen molar-refractivity contribution in [2.75, 3.05) is 6.54 Å². The molecule has 0 bridgehead atoms. The van der Waals surface area contributed by atoms with Crippen LogP contribution in [0.25, 0.3) is 0 Å². The predicted molar refractivity (Wildman–Crippen MR) is 61.7 cm³/mol.